The standard InChI is InChI=1S/C11H19N3/c1-3-6-12-10(9-4-5-9)11-13-7-8-14(11)2/h7-10,12H,3-6H2,1-2H3. The average molecular weight is 193 g/mol. The van der Waals surface area contributed by atoms with E-state index in [-0.39, 0.29) is 0 Å². The number of hydrogen-bond acceptors (Lipinski definition) is 2. The quantitative estimate of drug-likeness (QED) is 0.773. The van der Waals surface area contributed by atoms with Gasteiger partial charge in [0.2, 0.25) is 0 Å². The van der Waals surface area contributed by atoms with E-state index in [4.69, 9.17) is 0 Å². The minimum atomic E-state index is 0.481. The second-order valence-corrected chi connectivity index (χ2v) is 4.17. The Hall–Kier alpha value is -0.830. The molecule has 1 aliphatic carbocycles. The Balaban J connectivity index is 2.06. The number of nitrogens with one attached hydrogen (secondary N) is 1. The van der Waals surface area contributed by atoms with Crippen LogP contribution in [0.5, 0.6) is 0 Å². The van der Waals surface area contributed by atoms with E-state index < -0.39 is 0 Å². The molecule has 0 aromatic carbocycles. The van der Waals surface area contributed by atoms with Crippen molar-refractivity contribution in [3.8, 4) is 0 Å². The second kappa shape index (κ2) is 4.13. The van der Waals surface area contributed by atoms with Crippen molar-refractivity contribution >= 4 is 0 Å². The zero-order valence-electron chi connectivity index (χ0n) is 9.03. The molecule has 1 atom stereocenters. The van der Waals surface area contributed by atoms with Crippen molar-refractivity contribution in [2.75, 3.05) is 6.54 Å². The Morgan fingerprint density at radius 1 is 1.64 bits per heavy atom. The van der Waals surface area contributed by atoms with Crippen molar-refractivity contribution in [1.82, 2.24) is 14.9 Å². The number of nitrogens with zero attached hydrogens (tertiary/aromatic N) is 2. The zero-order valence-corrected chi connectivity index (χ0v) is 9.03. The van der Waals surface area contributed by atoms with Gasteiger partial charge in [-0.3, -0.25) is 0 Å². The molecule has 3 nitrogen and oxygen atoms in total. The van der Waals surface area contributed by atoms with Crippen molar-refractivity contribution in [1.29, 1.82) is 0 Å². The van der Waals surface area contributed by atoms with Crippen LogP contribution in [0.3, 0.4) is 0 Å². The van der Waals surface area contributed by atoms with Gasteiger partial charge in [-0.25, -0.2) is 4.98 Å². The molecule has 1 heterocycles. The van der Waals surface area contributed by atoms with Gasteiger partial charge in [0.05, 0.1) is 6.04 Å². The molecule has 1 N–H and O–H groups in total. The minimum Gasteiger partial charge on any atom is -0.337 e. The van der Waals surface area contributed by atoms with E-state index in [1.54, 1.807) is 0 Å². The van der Waals surface area contributed by atoms with Crippen LogP contribution in [0.4, 0.5) is 0 Å². The van der Waals surface area contributed by atoms with Gasteiger partial charge in [-0.2, -0.15) is 0 Å². The van der Waals surface area contributed by atoms with Crippen molar-refractivity contribution in [3.63, 3.8) is 0 Å². The fraction of sp³-hybridized carbons (Fsp3) is 0.727. The van der Waals surface area contributed by atoms with Crippen LogP contribution in [0.25, 0.3) is 0 Å². The summed E-state index contributed by atoms with van der Waals surface area (Å²) in [5, 5.41) is 3.59. The summed E-state index contributed by atoms with van der Waals surface area (Å²) in [5.74, 6) is 2.02. The lowest BCUT2D eigenvalue weighted by Crippen LogP contribution is -2.26. The summed E-state index contributed by atoms with van der Waals surface area (Å²) in [6.45, 7) is 3.30. The van der Waals surface area contributed by atoms with Gasteiger partial charge in [-0.1, -0.05) is 6.92 Å². The van der Waals surface area contributed by atoms with Crippen LogP contribution in [0.15, 0.2) is 12.4 Å². The molecule has 1 aromatic heterocycles. The molecule has 0 bridgehead atoms. The Morgan fingerprint density at radius 3 is 2.93 bits per heavy atom. The smallest absolute Gasteiger partial charge is 0.125 e. The lowest BCUT2D eigenvalue weighted by molar-refractivity contribution is 0.448. The first kappa shape index (κ1) is 9.71. The van der Waals surface area contributed by atoms with Gasteiger partial charge in [0.25, 0.3) is 0 Å². The number of aromatic nitrogens is 2. The van der Waals surface area contributed by atoms with E-state index in [9.17, 15) is 0 Å². The molecule has 1 unspecified atom stereocenters. The maximum atomic E-state index is 4.43. The van der Waals surface area contributed by atoms with Crippen molar-refractivity contribution in [2.24, 2.45) is 13.0 Å². The highest BCUT2D eigenvalue weighted by Gasteiger charge is 2.33. The molecule has 1 aliphatic rings. The molecule has 0 aliphatic heterocycles. The fourth-order valence-electron chi connectivity index (χ4n) is 1.87. The highest BCUT2D eigenvalue weighted by Crippen LogP contribution is 2.40. The third-order valence-corrected chi connectivity index (χ3v) is 2.84. The lowest BCUT2D eigenvalue weighted by Gasteiger charge is -2.17. The minimum absolute atomic E-state index is 0.481. The highest BCUT2D eigenvalue weighted by atomic mass is 15.1. The van der Waals surface area contributed by atoms with E-state index in [1.807, 2.05) is 12.4 Å². The molecule has 0 amide bonds. The number of hydrogen-bond donors (Lipinski definition) is 1. The van der Waals surface area contributed by atoms with Gasteiger partial charge < -0.3 is 9.88 Å². The molecule has 0 saturated heterocycles. The highest BCUT2D eigenvalue weighted by molar-refractivity contribution is 5.04. The van der Waals surface area contributed by atoms with E-state index >= 15 is 0 Å². The summed E-state index contributed by atoms with van der Waals surface area (Å²) in [6.07, 6.45) is 7.81. The molecule has 1 aromatic rings. The first-order valence-electron chi connectivity index (χ1n) is 5.53. The van der Waals surface area contributed by atoms with Gasteiger partial charge in [-0.05, 0) is 31.7 Å². The van der Waals surface area contributed by atoms with Crippen LogP contribution in [0.1, 0.15) is 38.1 Å². The largest absolute Gasteiger partial charge is 0.337 e. The summed E-state index contributed by atoms with van der Waals surface area (Å²) < 4.78 is 2.13. The fourth-order valence-corrected chi connectivity index (χ4v) is 1.87. The molecule has 3 heteroatoms. The van der Waals surface area contributed by atoms with Crippen LogP contribution >= 0.6 is 0 Å². The molecule has 1 fully saturated rings. The van der Waals surface area contributed by atoms with Gasteiger partial charge in [-0.15, -0.1) is 0 Å². The Labute approximate surface area is 85.5 Å². The second-order valence-electron chi connectivity index (χ2n) is 4.17. The lowest BCUT2D eigenvalue weighted by atomic mass is 10.1. The topological polar surface area (TPSA) is 29.9 Å². The summed E-state index contributed by atoms with van der Waals surface area (Å²) in [6, 6.07) is 0.481. The van der Waals surface area contributed by atoms with Gasteiger partial charge in [0, 0.05) is 19.4 Å². The molecule has 2 rings (SSSR count). The van der Waals surface area contributed by atoms with Gasteiger partial charge >= 0.3 is 0 Å². The van der Waals surface area contributed by atoms with Crippen LogP contribution in [0.2, 0.25) is 0 Å². The Bertz CT molecular complexity index is 288. The summed E-state index contributed by atoms with van der Waals surface area (Å²) in [7, 11) is 2.07. The average Bonchev–Trinajstić information content (AvgIpc) is 2.92. The molecule has 78 valence electrons. The number of aryl methyl sites for hydroxylation is 1. The molecule has 14 heavy (non-hydrogen) atoms. The molecule has 0 radical (unpaired) electrons. The number of rotatable bonds is 5. The van der Waals surface area contributed by atoms with E-state index in [2.05, 4.69) is 28.8 Å². The van der Waals surface area contributed by atoms with E-state index in [0.717, 1.165) is 12.5 Å². The normalized spacial score (nSPS) is 18.4. The van der Waals surface area contributed by atoms with Crippen LogP contribution in [0, 0.1) is 5.92 Å². The van der Waals surface area contributed by atoms with Crippen LogP contribution in [-0.4, -0.2) is 16.1 Å². The van der Waals surface area contributed by atoms with Crippen LogP contribution < -0.4 is 5.32 Å². The molecular weight excluding hydrogens is 174 g/mol. The molecular formula is C11H19N3. The third kappa shape index (κ3) is 1.98. The number of imidazole rings is 1. The first-order valence-corrected chi connectivity index (χ1v) is 5.53. The monoisotopic (exact) mass is 193 g/mol. The SMILES string of the molecule is CCCNC(c1nccn1C)C1CC1. The Morgan fingerprint density at radius 2 is 2.43 bits per heavy atom. The summed E-state index contributed by atoms with van der Waals surface area (Å²) in [4.78, 5) is 4.43. The zero-order chi connectivity index (χ0) is 9.97. The molecule has 1 saturated carbocycles. The predicted octanol–water partition coefficient (Wildman–Crippen LogP) is 1.87. The summed E-state index contributed by atoms with van der Waals surface area (Å²) in [5.41, 5.74) is 0. The van der Waals surface area contributed by atoms with Crippen LogP contribution in [-0.2, 0) is 7.05 Å². The van der Waals surface area contributed by atoms with Gasteiger partial charge in [0.1, 0.15) is 5.82 Å². The van der Waals surface area contributed by atoms with E-state index in [1.165, 1.54) is 25.1 Å². The summed E-state index contributed by atoms with van der Waals surface area (Å²) >= 11 is 0. The first-order chi connectivity index (χ1) is 6.83. The van der Waals surface area contributed by atoms with Crippen molar-refractivity contribution in [3.05, 3.63) is 18.2 Å². The maximum Gasteiger partial charge on any atom is 0.125 e. The Kier molecular flexibility index (Phi) is 2.87. The third-order valence-electron chi connectivity index (χ3n) is 2.84. The predicted molar refractivity (Wildman–Crippen MR) is 57.0 cm³/mol. The van der Waals surface area contributed by atoms with Crippen molar-refractivity contribution in [2.45, 2.75) is 32.2 Å². The molecule has 0 spiro atoms. The maximum absolute atomic E-state index is 4.43. The van der Waals surface area contributed by atoms with Crippen molar-refractivity contribution < 1.29 is 0 Å². The van der Waals surface area contributed by atoms with E-state index in [0.29, 0.717) is 6.04 Å². The van der Waals surface area contributed by atoms with Gasteiger partial charge in [0.15, 0.2) is 0 Å².